The lowest BCUT2D eigenvalue weighted by atomic mass is 10.1. The Kier molecular flexibility index (Phi) is 4.49. The molecule has 0 aliphatic carbocycles. The van der Waals surface area contributed by atoms with Crippen LogP contribution < -0.4 is 0 Å². The molecule has 2 amide bonds. The van der Waals surface area contributed by atoms with Crippen LogP contribution in [0.1, 0.15) is 45.0 Å². The molecule has 6 nitrogen and oxygen atoms in total. The smallest absolute Gasteiger partial charge is 0.410 e. The van der Waals surface area contributed by atoms with Crippen LogP contribution in [0.25, 0.3) is 0 Å². The van der Waals surface area contributed by atoms with Gasteiger partial charge in [0.25, 0.3) is 5.91 Å². The summed E-state index contributed by atoms with van der Waals surface area (Å²) in [4.78, 5) is 31.2. The molecule has 1 aromatic heterocycles. The molecule has 1 saturated heterocycles. The summed E-state index contributed by atoms with van der Waals surface area (Å²) in [6.45, 7) is 10.4. The van der Waals surface area contributed by atoms with Gasteiger partial charge in [0.05, 0.1) is 5.56 Å². The molecular weight excluding hydrogens is 282 g/mol. The van der Waals surface area contributed by atoms with Crippen molar-refractivity contribution in [1.82, 2.24) is 14.8 Å². The van der Waals surface area contributed by atoms with Crippen molar-refractivity contribution in [2.24, 2.45) is 0 Å². The van der Waals surface area contributed by atoms with Crippen LogP contribution in [0, 0.1) is 0 Å². The third-order valence-corrected chi connectivity index (χ3v) is 3.72. The predicted molar refractivity (Wildman–Crippen MR) is 83.7 cm³/mol. The number of piperazine rings is 1. The van der Waals surface area contributed by atoms with Gasteiger partial charge < -0.3 is 19.5 Å². The monoisotopic (exact) mass is 307 g/mol. The van der Waals surface area contributed by atoms with Gasteiger partial charge in [-0.2, -0.15) is 0 Å². The molecule has 1 aromatic rings. The van der Waals surface area contributed by atoms with Gasteiger partial charge in [-0.3, -0.25) is 4.79 Å². The van der Waals surface area contributed by atoms with Crippen LogP contribution in [-0.2, 0) is 4.74 Å². The Balaban J connectivity index is 2.05. The van der Waals surface area contributed by atoms with E-state index in [4.69, 9.17) is 4.74 Å². The van der Waals surface area contributed by atoms with E-state index in [1.807, 2.05) is 39.5 Å². The third-order valence-electron chi connectivity index (χ3n) is 3.72. The maximum Gasteiger partial charge on any atom is 0.410 e. The maximum absolute atomic E-state index is 12.5. The van der Waals surface area contributed by atoms with Gasteiger partial charge in [-0.1, -0.05) is 0 Å². The van der Waals surface area contributed by atoms with Gasteiger partial charge in [0.1, 0.15) is 5.60 Å². The number of hydrogen-bond donors (Lipinski definition) is 1. The average molecular weight is 307 g/mol. The van der Waals surface area contributed by atoms with Gasteiger partial charge in [-0.25, -0.2) is 4.79 Å². The maximum atomic E-state index is 12.5. The first-order valence-corrected chi connectivity index (χ1v) is 7.62. The summed E-state index contributed by atoms with van der Waals surface area (Å²) in [5.74, 6) is -0.00978. The Labute approximate surface area is 131 Å². The summed E-state index contributed by atoms with van der Waals surface area (Å²) >= 11 is 0. The Morgan fingerprint density at radius 3 is 2.32 bits per heavy atom. The molecule has 122 valence electrons. The number of H-pyrrole nitrogens is 1. The van der Waals surface area contributed by atoms with Crippen molar-refractivity contribution in [2.45, 2.75) is 52.3 Å². The highest BCUT2D eigenvalue weighted by Gasteiger charge is 2.36. The zero-order valence-electron chi connectivity index (χ0n) is 13.9. The molecule has 2 rings (SSSR count). The highest BCUT2D eigenvalue weighted by Crippen LogP contribution is 2.20. The number of carbonyl (C=O) groups excluding carboxylic acids is 2. The third kappa shape index (κ3) is 3.61. The van der Waals surface area contributed by atoms with Crippen molar-refractivity contribution in [3.05, 3.63) is 24.0 Å². The molecule has 0 unspecified atom stereocenters. The van der Waals surface area contributed by atoms with E-state index in [1.165, 1.54) is 0 Å². The number of aromatic amines is 1. The highest BCUT2D eigenvalue weighted by atomic mass is 16.6. The molecular formula is C16H25N3O3. The van der Waals surface area contributed by atoms with Crippen molar-refractivity contribution in [1.29, 1.82) is 0 Å². The number of nitrogens with one attached hydrogen (secondary N) is 1. The fourth-order valence-corrected chi connectivity index (χ4v) is 2.61. The lowest BCUT2D eigenvalue weighted by Gasteiger charge is -2.44. The minimum atomic E-state index is -0.516. The Morgan fingerprint density at radius 2 is 1.77 bits per heavy atom. The largest absolute Gasteiger partial charge is 0.444 e. The van der Waals surface area contributed by atoms with Crippen LogP contribution in [0.4, 0.5) is 4.79 Å². The van der Waals surface area contributed by atoms with Crippen LogP contribution in [0.15, 0.2) is 18.5 Å². The first-order chi connectivity index (χ1) is 10.2. The number of aromatic nitrogens is 1. The summed E-state index contributed by atoms with van der Waals surface area (Å²) in [6.07, 6.45) is 3.11. The fraction of sp³-hybridized carbons (Fsp3) is 0.625. The first-order valence-electron chi connectivity index (χ1n) is 7.62. The highest BCUT2D eigenvalue weighted by molar-refractivity contribution is 5.94. The van der Waals surface area contributed by atoms with Gasteiger partial charge in [-0.15, -0.1) is 0 Å². The summed E-state index contributed by atoms with van der Waals surface area (Å²) in [7, 11) is 0. The van der Waals surface area contributed by atoms with Crippen LogP contribution in [-0.4, -0.2) is 57.6 Å². The van der Waals surface area contributed by atoms with Gasteiger partial charge >= 0.3 is 6.09 Å². The van der Waals surface area contributed by atoms with Crippen molar-refractivity contribution in [3.8, 4) is 0 Å². The molecule has 1 aliphatic rings. The molecule has 6 heteroatoms. The van der Waals surface area contributed by atoms with Gasteiger partial charge in [0.2, 0.25) is 0 Å². The van der Waals surface area contributed by atoms with Gasteiger partial charge in [0.15, 0.2) is 0 Å². The second-order valence-corrected chi connectivity index (χ2v) is 6.89. The van der Waals surface area contributed by atoms with E-state index in [0.29, 0.717) is 18.7 Å². The molecule has 2 heterocycles. The molecule has 1 fully saturated rings. The molecule has 0 aromatic carbocycles. The van der Waals surface area contributed by atoms with E-state index in [-0.39, 0.29) is 24.1 Å². The standard InChI is InChI=1S/C16H25N3O3/c1-11-10-19(15(21)22-16(3,4)5)12(2)9-18(11)14(20)13-6-7-17-8-13/h6-8,11-12,17H,9-10H2,1-5H3/t11-,12-/m0/s1. The van der Waals surface area contributed by atoms with E-state index >= 15 is 0 Å². The number of ether oxygens (including phenoxy) is 1. The zero-order chi connectivity index (χ0) is 16.5. The van der Waals surface area contributed by atoms with Crippen molar-refractivity contribution < 1.29 is 14.3 Å². The topological polar surface area (TPSA) is 65.6 Å². The minimum absolute atomic E-state index is 0.00978. The molecule has 0 spiro atoms. The minimum Gasteiger partial charge on any atom is -0.444 e. The summed E-state index contributed by atoms with van der Waals surface area (Å²) in [5.41, 5.74) is 0.128. The van der Waals surface area contributed by atoms with Crippen molar-refractivity contribution in [3.63, 3.8) is 0 Å². The van der Waals surface area contributed by atoms with E-state index in [1.54, 1.807) is 23.4 Å². The second kappa shape index (κ2) is 6.02. The quantitative estimate of drug-likeness (QED) is 0.867. The average Bonchev–Trinajstić information content (AvgIpc) is 2.92. The summed E-state index contributed by atoms with van der Waals surface area (Å²) < 4.78 is 5.44. The normalized spacial score (nSPS) is 22.6. The van der Waals surface area contributed by atoms with Gasteiger partial charge in [0, 0.05) is 37.6 Å². The van der Waals surface area contributed by atoms with Crippen LogP contribution in [0.3, 0.4) is 0 Å². The lowest BCUT2D eigenvalue weighted by Crippen LogP contribution is -2.60. The molecule has 2 atom stereocenters. The summed E-state index contributed by atoms with van der Waals surface area (Å²) in [6, 6.07) is 1.64. The molecule has 0 saturated carbocycles. The molecule has 1 N–H and O–H groups in total. The van der Waals surface area contributed by atoms with Crippen LogP contribution >= 0.6 is 0 Å². The molecule has 22 heavy (non-hydrogen) atoms. The lowest BCUT2D eigenvalue weighted by molar-refractivity contribution is -0.00788. The number of rotatable bonds is 1. The second-order valence-electron chi connectivity index (χ2n) is 6.89. The summed E-state index contributed by atoms with van der Waals surface area (Å²) in [5, 5.41) is 0. The molecule has 1 aliphatic heterocycles. The number of nitrogens with zero attached hydrogens (tertiary/aromatic N) is 2. The number of hydrogen-bond acceptors (Lipinski definition) is 3. The van der Waals surface area contributed by atoms with Crippen LogP contribution in [0.5, 0.6) is 0 Å². The fourth-order valence-electron chi connectivity index (χ4n) is 2.61. The predicted octanol–water partition coefficient (Wildman–Crippen LogP) is 2.48. The number of amides is 2. The SMILES string of the molecule is C[C@H]1CN(C(=O)c2cc[nH]c2)[C@@H](C)CN1C(=O)OC(C)(C)C. The first kappa shape index (κ1) is 16.4. The Bertz CT molecular complexity index is 533. The van der Waals surface area contributed by atoms with E-state index in [9.17, 15) is 9.59 Å². The number of carbonyl (C=O) groups is 2. The van der Waals surface area contributed by atoms with Crippen LogP contribution in [0.2, 0.25) is 0 Å². The van der Waals surface area contributed by atoms with Crippen molar-refractivity contribution >= 4 is 12.0 Å². The molecule has 0 radical (unpaired) electrons. The Hall–Kier alpha value is -1.98. The zero-order valence-corrected chi connectivity index (χ0v) is 13.9. The van der Waals surface area contributed by atoms with Gasteiger partial charge in [-0.05, 0) is 40.7 Å². The van der Waals surface area contributed by atoms with E-state index < -0.39 is 5.60 Å². The van der Waals surface area contributed by atoms with E-state index in [2.05, 4.69) is 4.98 Å². The van der Waals surface area contributed by atoms with Crippen molar-refractivity contribution in [2.75, 3.05) is 13.1 Å². The van der Waals surface area contributed by atoms with E-state index in [0.717, 1.165) is 0 Å². The Morgan fingerprint density at radius 1 is 1.18 bits per heavy atom. The molecule has 0 bridgehead atoms.